The molecule has 0 aromatic heterocycles. The van der Waals surface area contributed by atoms with E-state index in [1.54, 1.807) is 38.1 Å². The lowest BCUT2D eigenvalue weighted by atomic mass is 10.1. The predicted octanol–water partition coefficient (Wildman–Crippen LogP) is 3.38. The van der Waals surface area contributed by atoms with E-state index in [4.69, 9.17) is 9.47 Å². The number of benzene rings is 1. The molecule has 1 rings (SSSR count). The highest BCUT2D eigenvalue weighted by molar-refractivity contribution is 5.77. The number of carbonyl (C=O) groups is 2. The Morgan fingerprint density at radius 1 is 1.05 bits per heavy atom. The molecule has 0 bridgehead atoms. The molecule has 21 heavy (non-hydrogen) atoms. The fourth-order valence-electron chi connectivity index (χ4n) is 1.52. The molecule has 0 fully saturated rings. The third-order valence-corrected chi connectivity index (χ3v) is 3.25. The lowest BCUT2D eigenvalue weighted by Gasteiger charge is -2.17. The highest BCUT2D eigenvalue weighted by atomic mass is 16.5. The van der Waals surface area contributed by atoms with Gasteiger partial charge in [0.1, 0.15) is 11.9 Å². The summed E-state index contributed by atoms with van der Waals surface area (Å²) in [6, 6.07) is 7.04. The van der Waals surface area contributed by atoms with Crippen LogP contribution in [0.5, 0.6) is 5.75 Å². The molecule has 0 saturated heterocycles. The van der Waals surface area contributed by atoms with Crippen molar-refractivity contribution in [2.45, 2.75) is 47.1 Å². The van der Waals surface area contributed by atoms with Gasteiger partial charge >= 0.3 is 11.9 Å². The van der Waals surface area contributed by atoms with Gasteiger partial charge in [0, 0.05) is 5.56 Å². The summed E-state index contributed by atoms with van der Waals surface area (Å²) < 4.78 is 10.7. The zero-order valence-corrected chi connectivity index (χ0v) is 13.4. The van der Waals surface area contributed by atoms with Gasteiger partial charge in [0.15, 0.2) is 0 Å². The van der Waals surface area contributed by atoms with Crippen LogP contribution in [-0.2, 0) is 20.7 Å². The summed E-state index contributed by atoms with van der Waals surface area (Å²) in [4.78, 5) is 23.6. The molecule has 1 atom stereocenters. The molecule has 0 amide bonds. The summed E-state index contributed by atoms with van der Waals surface area (Å²) in [5.41, 5.74) is 0.660. The molecule has 116 valence electrons. The summed E-state index contributed by atoms with van der Waals surface area (Å²) >= 11 is 0. The topological polar surface area (TPSA) is 52.6 Å². The molecule has 0 radical (unpaired) electrons. The molecule has 0 spiro atoms. The highest BCUT2D eigenvalue weighted by Crippen LogP contribution is 2.20. The van der Waals surface area contributed by atoms with Crippen LogP contribution in [0.1, 0.15) is 40.2 Å². The minimum absolute atomic E-state index is 0.0958. The largest absolute Gasteiger partial charge is 0.462 e. The van der Waals surface area contributed by atoms with Crippen molar-refractivity contribution in [3.63, 3.8) is 0 Å². The first kappa shape index (κ1) is 17.2. The van der Waals surface area contributed by atoms with E-state index in [1.165, 1.54) is 0 Å². The van der Waals surface area contributed by atoms with E-state index in [-0.39, 0.29) is 36.3 Å². The maximum absolute atomic E-state index is 11.9. The molecule has 0 aliphatic carbocycles. The molecule has 1 aromatic rings. The second-order valence-electron chi connectivity index (χ2n) is 5.80. The van der Waals surface area contributed by atoms with E-state index in [9.17, 15) is 9.59 Å². The normalized spacial score (nSPS) is 12.3. The van der Waals surface area contributed by atoms with Crippen LogP contribution in [0.2, 0.25) is 0 Å². The molecule has 4 heteroatoms. The lowest BCUT2D eigenvalue weighted by molar-refractivity contribution is -0.149. The predicted molar refractivity (Wildman–Crippen MR) is 81.0 cm³/mol. The Bertz CT molecular complexity index is 491. The molecule has 0 aliphatic heterocycles. The Labute approximate surface area is 126 Å². The van der Waals surface area contributed by atoms with Crippen molar-refractivity contribution in [3.05, 3.63) is 29.8 Å². The number of hydrogen-bond donors (Lipinski definition) is 0. The van der Waals surface area contributed by atoms with Gasteiger partial charge in [-0.3, -0.25) is 9.59 Å². The van der Waals surface area contributed by atoms with Crippen molar-refractivity contribution in [2.24, 2.45) is 11.8 Å². The van der Waals surface area contributed by atoms with Crippen molar-refractivity contribution in [1.29, 1.82) is 0 Å². The van der Waals surface area contributed by atoms with Gasteiger partial charge in [-0.2, -0.15) is 0 Å². The third-order valence-electron chi connectivity index (χ3n) is 3.25. The number of carbonyl (C=O) groups excluding carboxylic acids is 2. The van der Waals surface area contributed by atoms with Gasteiger partial charge in [-0.15, -0.1) is 0 Å². The first-order valence-corrected chi connectivity index (χ1v) is 7.30. The van der Waals surface area contributed by atoms with Crippen molar-refractivity contribution in [1.82, 2.24) is 0 Å². The van der Waals surface area contributed by atoms with Crippen LogP contribution in [0.25, 0.3) is 0 Å². The van der Waals surface area contributed by atoms with Crippen LogP contribution in [0, 0.1) is 11.8 Å². The van der Waals surface area contributed by atoms with E-state index in [0.717, 1.165) is 0 Å². The minimum atomic E-state index is -0.316. The summed E-state index contributed by atoms with van der Waals surface area (Å²) in [7, 11) is 0. The van der Waals surface area contributed by atoms with Gasteiger partial charge in [-0.05, 0) is 18.9 Å². The van der Waals surface area contributed by atoms with Gasteiger partial charge in [0.2, 0.25) is 0 Å². The fraction of sp³-hybridized carbons (Fsp3) is 0.529. The second kappa shape index (κ2) is 7.81. The van der Waals surface area contributed by atoms with Gasteiger partial charge in [0.05, 0.1) is 12.3 Å². The third kappa shape index (κ3) is 5.58. The molecule has 0 aliphatic rings. The number of para-hydroxylation sites is 1. The highest BCUT2D eigenvalue weighted by Gasteiger charge is 2.17. The van der Waals surface area contributed by atoms with Gasteiger partial charge in [0.25, 0.3) is 0 Å². The molecule has 1 unspecified atom stereocenters. The van der Waals surface area contributed by atoms with Crippen molar-refractivity contribution in [3.8, 4) is 5.75 Å². The van der Waals surface area contributed by atoms with Crippen molar-refractivity contribution < 1.29 is 19.1 Å². The number of rotatable bonds is 6. The van der Waals surface area contributed by atoms with Gasteiger partial charge in [-0.25, -0.2) is 0 Å². The maximum Gasteiger partial charge on any atom is 0.313 e. The molecule has 0 heterocycles. The van der Waals surface area contributed by atoms with Crippen molar-refractivity contribution >= 4 is 11.9 Å². The monoisotopic (exact) mass is 292 g/mol. The average Bonchev–Trinajstić information content (AvgIpc) is 2.40. The lowest BCUT2D eigenvalue weighted by Crippen LogP contribution is -2.22. The van der Waals surface area contributed by atoms with E-state index in [1.807, 2.05) is 20.8 Å². The molecule has 0 saturated carbocycles. The second-order valence-corrected chi connectivity index (χ2v) is 5.80. The molecular formula is C17H24O4. The fourth-order valence-corrected chi connectivity index (χ4v) is 1.52. The minimum Gasteiger partial charge on any atom is -0.462 e. The van der Waals surface area contributed by atoms with Crippen LogP contribution < -0.4 is 4.74 Å². The Kier molecular flexibility index (Phi) is 6.40. The standard InChI is InChI=1S/C17H24O4/c1-11(2)13(5)20-16(18)10-14-8-6-7-9-15(14)21-17(19)12(3)4/h6-9,11-13H,10H2,1-5H3. The molecule has 1 aromatic carbocycles. The van der Waals surface area contributed by atoms with E-state index >= 15 is 0 Å². The van der Waals surface area contributed by atoms with Crippen LogP contribution in [0.3, 0.4) is 0 Å². The van der Waals surface area contributed by atoms with Crippen LogP contribution >= 0.6 is 0 Å². The number of hydrogen-bond acceptors (Lipinski definition) is 4. The smallest absolute Gasteiger partial charge is 0.313 e. The van der Waals surface area contributed by atoms with Crippen LogP contribution in [-0.4, -0.2) is 18.0 Å². The average molecular weight is 292 g/mol. The summed E-state index contributed by atoms with van der Waals surface area (Å²) in [6.07, 6.45) is -0.0404. The van der Waals surface area contributed by atoms with E-state index in [0.29, 0.717) is 11.3 Å². The van der Waals surface area contributed by atoms with Crippen LogP contribution in [0.15, 0.2) is 24.3 Å². The molecule has 4 nitrogen and oxygen atoms in total. The first-order valence-electron chi connectivity index (χ1n) is 7.30. The Balaban J connectivity index is 2.75. The summed E-state index contributed by atoms with van der Waals surface area (Å²) in [6.45, 7) is 9.40. The Morgan fingerprint density at radius 3 is 2.24 bits per heavy atom. The summed E-state index contributed by atoms with van der Waals surface area (Å²) in [5, 5.41) is 0. The van der Waals surface area contributed by atoms with E-state index < -0.39 is 0 Å². The van der Waals surface area contributed by atoms with Crippen molar-refractivity contribution in [2.75, 3.05) is 0 Å². The van der Waals surface area contributed by atoms with Crippen LogP contribution in [0.4, 0.5) is 0 Å². The maximum atomic E-state index is 11.9. The molecular weight excluding hydrogens is 268 g/mol. The zero-order chi connectivity index (χ0) is 16.0. The Morgan fingerprint density at radius 2 is 1.67 bits per heavy atom. The Hall–Kier alpha value is -1.84. The van der Waals surface area contributed by atoms with Gasteiger partial charge in [-0.1, -0.05) is 45.9 Å². The quantitative estimate of drug-likeness (QED) is 0.596. The van der Waals surface area contributed by atoms with Gasteiger partial charge < -0.3 is 9.47 Å². The first-order chi connectivity index (χ1) is 9.81. The molecule has 0 N–H and O–H groups in total. The number of esters is 2. The van der Waals surface area contributed by atoms with E-state index in [2.05, 4.69) is 0 Å². The number of ether oxygens (including phenoxy) is 2. The summed E-state index contributed by atoms with van der Waals surface area (Å²) in [5.74, 6) is -0.158. The zero-order valence-electron chi connectivity index (χ0n) is 13.4. The SMILES string of the molecule is CC(C)C(=O)Oc1ccccc1CC(=O)OC(C)C(C)C.